The number of rotatable bonds is 8. The van der Waals surface area contributed by atoms with Crippen molar-refractivity contribution < 1.29 is 0 Å². The van der Waals surface area contributed by atoms with Gasteiger partial charge in [-0.05, 0) is 25.1 Å². The summed E-state index contributed by atoms with van der Waals surface area (Å²) in [5.41, 5.74) is 0. The molecule has 0 radical (unpaired) electrons. The second kappa shape index (κ2) is 9.95. The zero-order chi connectivity index (χ0) is 9.94. The van der Waals surface area contributed by atoms with Gasteiger partial charge in [0.1, 0.15) is 0 Å². The molecular formula is C11H21NS. The van der Waals surface area contributed by atoms with Crippen molar-refractivity contribution >= 4 is 11.8 Å². The van der Waals surface area contributed by atoms with Crippen molar-refractivity contribution in [3.05, 3.63) is 0 Å². The second-order valence-electron chi connectivity index (χ2n) is 3.07. The maximum atomic E-state index is 5.24. The van der Waals surface area contributed by atoms with E-state index < -0.39 is 0 Å². The van der Waals surface area contributed by atoms with Crippen LogP contribution in [0.3, 0.4) is 0 Å². The first kappa shape index (κ1) is 12.9. The van der Waals surface area contributed by atoms with Gasteiger partial charge in [0, 0.05) is 18.2 Å². The van der Waals surface area contributed by atoms with Crippen molar-refractivity contribution in [2.75, 3.05) is 18.1 Å². The predicted molar refractivity (Wildman–Crippen MR) is 63.1 cm³/mol. The molecule has 0 fully saturated rings. The van der Waals surface area contributed by atoms with E-state index in [-0.39, 0.29) is 0 Å². The van der Waals surface area contributed by atoms with Gasteiger partial charge in [0.15, 0.2) is 0 Å². The minimum absolute atomic E-state index is 0.609. The summed E-state index contributed by atoms with van der Waals surface area (Å²) >= 11 is 2.02. The average molecular weight is 199 g/mol. The fraction of sp³-hybridized carbons (Fsp3) is 0.818. The molecule has 0 aromatic heterocycles. The molecule has 1 atom stereocenters. The van der Waals surface area contributed by atoms with E-state index in [9.17, 15) is 0 Å². The Hall–Kier alpha value is -0.130. The molecule has 1 unspecified atom stereocenters. The Balaban J connectivity index is 3.48. The lowest BCUT2D eigenvalue weighted by Gasteiger charge is -2.15. The molecule has 0 saturated carbocycles. The van der Waals surface area contributed by atoms with Crippen LogP contribution in [0.25, 0.3) is 0 Å². The molecule has 0 rings (SSSR count). The summed E-state index contributed by atoms with van der Waals surface area (Å²) in [5.74, 6) is 5.16. The molecule has 0 heterocycles. The Morgan fingerprint density at radius 3 is 2.77 bits per heavy atom. The first-order valence-corrected chi connectivity index (χ1v) is 6.25. The standard InChI is InChI=1S/C11H21NS/c1-4-7-8-11(12-6-3)10-13-9-5-2/h1,11-12H,5-10H2,2-3H3. The number of nitrogens with one attached hydrogen (secondary N) is 1. The third-order valence-corrected chi connectivity index (χ3v) is 3.13. The van der Waals surface area contributed by atoms with E-state index in [0.717, 1.165) is 19.4 Å². The Bertz CT molecular complexity index is 140. The lowest BCUT2D eigenvalue weighted by atomic mass is 10.2. The van der Waals surface area contributed by atoms with E-state index in [1.807, 2.05) is 11.8 Å². The summed E-state index contributed by atoms with van der Waals surface area (Å²) in [6.45, 7) is 5.41. The van der Waals surface area contributed by atoms with Crippen LogP contribution in [0.15, 0.2) is 0 Å². The van der Waals surface area contributed by atoms with Crippen LogP contribution in [0, 0.1) is 12.3 Å². The lowest BCUT2D eigenvalue weighted by molar-refractivity contribution is 0.545. The van der Waals surface area contributed by atoms with Crippen molar-refractivity contribution in [2.24, 2.45) is 0 Å². The van der Waals surface area contributed by atoms with Gasteiger partial charge in [-0.2, -0.15) is 11.8 Å². The van der Waals surface area contributed by atoms with E-state index in [0.29, 0.717) is 6.04 Å². The topological polar surface area (TPSA) is 12.0 Å². The predicted octanol–water partition coefficient (Wildman–Crippen LogP) is 2.52. The Kier molecular flexibility index (Phi) is 9.85. The Morgan fingerprint density at radius 2 is 2.23 bits per heavy atom. The summed E-state index contributed by atoms with van der Waals surface area (Å²) < 4.78 is 0. The molecule has 2 heteroatoms. The molecule has 0 saturated heterocycles. The molecule has 0 aromatic rings. The highest BCUT2D eigenvalue weighted by Gasteiger charge is 2.05. The van der Waals surface area contributed by atoms with Crippen molar-refractivity contribution in [3.8, 4) is 12.3 Å². The summed E-state index contributed by atoms with van der Waals surface area (Å²) in [5, 5.41) is 3.46. The van der Waals surface area contributed by atoms with Crippen LogP contribution < -0.4 is 5.32 Å². The monoisotopic (exact) mass is 199 g/mol. The molecule has 76 valence electrons. The Labute approximate surface area is 87.1 Å². The van der Waals surface area contributed by atoms with Gasteiger partial charge >= 0.3 is 0 Å². The summed E-state index contributed by atoms with van der Waals surface area (Å²) in [4.78, 5) is 0. The molecule has 0 aliphatic carbocycles. The SMILES string of the molecule is C#CCCC(CSCCC)NCC. The van der Waals surface area contributed by atoms with Crippen molar-refractivity contribution in [1.82, 2.24) is 5.32 Å². The van der Waals surface area contributed by atoms with Gasteiger partial charge in [0.05, 0.1) is 0 Å². The molecule has 0 aromatic carbocycles. The Morgan fingerprint density at radius 1 is 1.46 bits per heavy atom. The van der Waals surface area contributed by atoms with Crippen LogP contribution in [0.1, 0.15) is 33.1 Å². The van der Waals surface area contributed by atoms with Gasteiger partial charge in [-0.25, -0.2) is 0 Å². The molecule has 1 N–H and O–H groups in total. The minimum Gasteiger partial charge on any atom is -0.313 e. The van der Waals surface area contributed by atoms with E-state index >= 15 is 0 Å². The van der Waals surface area contributed by atoms with Crippen molar-refractivity contribution in [1.29, 1.82) is 0 Å². The quantitative estimate of drug-likeness (QED) is 0.476. The molecule has 0 bridgehead atoms. The van der Waals surface area contributed by atoms with Gasteiger partial charge < -0.3 is 5.32 Å². The van der Waals surface area contributed by atoms with E-state index in [4.69, 9.17) is 6.42 Å². The first-order chi connectivity index (χ1) is 6.35. The average Bonchev–Trinajstić information content (AvgIpc) is 2.14. The normalized spacial score (nSPS) is 12.4. The molecule has 0 amide bonds. The minimum atomic E-state index is 0.609. The van der Waals surface area contributed by atoms with Gasteiger partial charge in [0.25, 0.3) is 0 Å². The lowest BCUT2D eigenvalue weighted by Crippen LogP contribution is -2.31. The van der Waals surface area contributed by atoms with Crippen molar-refractivity contribution in [2.45, 2.75) is 39.2 Å². The molecular weight excluding hydrogens is 178 g/mol. The first-order valence-electron chi connectivity index (χ1n) is 5.09. The largest absolute Gasteiger partial charge is 0.313 e. The highest BCUT2D eigenvalue weighted by molar-refractivity contribution is 7.99. The molecule has 0 aliphatic heterocycles. The zero-order valence-corrected chi connectivity index (χ0v) is 9.62. The van der Waals surface area contributed by atoms with Gasteiger partial charge in [0.2, 0.25) is 0 Å². The summed E-state index contributed by atoms with van der Waals surface area (Å²) in [6, 6.07) is 0.609. The number of hydrogen-bond acceptors (Lipinski definition) is 2. The summed E-state index contributed by atoms with van der Waals surface area (Å²) in [7, 11) is 0. The zero-order valence-electron chi connectivity index (χ0n) is 8.81. The third kappa shape index (κ3) is 8.21. The van der Waals surface area contributed by atoms with Gasteiger partial charge in [-0.15, -0.1) is 12.3 Å². The van der Waals surface area contributed by atoms with Gasteiger partial charge in [-0.1, -0.05) is 13.8 Å². The third-order valence-electron chi connectivity index (χ3n) is 1.80. The van der Waals surface area contributed by atoms with Crippen LogP contribution in [-0.4, -0.2) is 24.1 Å². The smallest absolute Gasteiger partial charge is 0.0167 e. The molecule has 0 spiro atoms. The molecule has 1 nitrogen and oxygen atoms in total. The van der Waals surface area contributed by atoms with Crippen LogP contribution in [-0.2, 0) is 0 Å². The van der Waals surface area contributed by atoms with Crippen molar-refractivity contribution in [3.63, 3.8) is 0 Å². The fourth-order valence-corrected chi connectivity index (χ4v) is 2.18. The van der Waals surface area contributed by atoms with E-state index in [2.05, 4.69) is 25.1 Å². The van der Waals surface area contributed by atoms with Crippen LogP contribution >= 0.6 is 11.8 Å². The number of hydrogen-bond donors (Lipinski definition) is 1. The maximum Gasteiger partial charge on any atom is 0.0167 e. The molecule has 0 aliphatic rings. The van der Waals surface area contributed by atoms with Gasteiger partial charge in [-0.3, -0.25) is 0 Å². The molecule has 13 heavy (non-hydrogen) atoms. The van der Waals surface area contributed by atoms with Crippen LogP contribution in [0.2, 0.25) is 0 Å². The number of thioether (sulfide) groups is 1. The number of terminal acetylenes is 1. The highest BCUT2D eigenvalue weighted by atomic mass is 32.2. The summed E-state index contributed by atoms with van der Waals surface area (Å²) in [6.07, 6.45) is 8.51. The van der Waals surface area contributed by atoms with E-state index in [1.54, 1.807) is 0 Å². The maximum absolute atomic E-state index is 5.24. The van der Waals surface area contributed by atoms with Crippen LogP contribution in [0.5, 0.6) is 0 Å². The van der Waals surface area contributed by atoms with E-state index in [1.165, 1.54) is 17.9 Å². The highest BCUT2D eigenvalue weighted by Crippen LogP contribution is 2.08. The van der Waals surface area contributed by atoms with Crippen LogP contribution in [0.4, 0.5) is 0 Å². The fourth-order valence-electron chi connectivity index (χ4n) is 1.16. The second-order valence-corrected chi connectivity index (χ2v) is 4.22.